The second kappa shape index (κ2) is 6.57. The number of carbonyl (C=O) groups excluding carboxylic acids is 1. The number of rotatable bonds is 4. The lowest BCUT2D eigenvalue weighted by molar-refractivity contribution is -0.119. The highest BCUT2D eigenvalue weighted by Gasteiger charge is 2.25. The maximum Gasteiger partial charge on any atom is 0.329 e. The first kappa shape index (κ1) is 17.6. The van der Waals surface area contributed by atoms with Gasteiger partial charge in [0, 0.05) is 33.2 Å². The number of carbonyl (C=O) groups is 1. The van der Waals surface area contributed by atoms with E-state index in [1.54, 1.807) is 18.5 Å². The third-order valence-corrected chi connectivity index (χ3v) is 4.96. The van der Waals surface area contributed by atoms with Gasteiger partial charge >= 0.3 is 5.69 Å². The van der Waals surface area contributed by atoms with Crippen LogP contribution >= 0.6 is 0 Å². The maximum absolute atomic E-state index is 12.4. The highest BCUT2D eigenvalue weighted by atomic mass is 16.2. The number of likely N-dealkylation sites (N-methyl/N-ethyl adjacent to an activating group) is 1. The third kappa shape index (κ3) is 3.16. The molecule has 2 aromatic heterocycles. The van der Waals surface area contributed by atoms with Gasteiger partial charge in [0.05, 0.1) is 12.6 Å². The Hall–Kier alpha value is -2.26. The van der Waals surface area contributed by atoms with Gasteiger partial charge in [-0.25, -0.2) is 9.78 Å². The van der Waals surface area contributed by atoms with Gasteiger partial charge in [-0.1, -0.05) is 0 Å². The highest BCUT2D eigenvalue weighted by molar-refractivity contribution is 5.82. The Morgan fingerprint density at radius 2 is 1.84 bits per heavy atom. The second-order valence-electron chi connectivity index (χ2n) is 6.75. The van der Waals surface area contributed by atoms with E-state index in [4.69, 9.17) is 0 Å². The van der Waals surface area contributed by atoms with Crippen molar-refractivity contribution in [1.29, 1.82) is 0 Å². The van der Waals surface area contributed by atoms with E-state index in [1.807, 2.05) is 0 Å². The maximum atomic E-state index is 12.4. The van der Waals surface area contributed by atoms with E-state index in [-0.39, 0.29) is 11.3 Å². The number of nitrogens with zero attached hydrogens (tertiary/aromatic N) is 5. The molecule has 9 nitrogen and oxygen atoms in total. The molecule has 0 bridgehead atoms. The highest BCUT2D eigenvalue weighted by Crippen LogP contribution is 2.20. The summed E-state index contributed by atoms with van der Waals surface area (Å²) in [5.74, 6) is 0.570. The molecular formula is C16H24N6O3. The Bertz CT molecular complexity index is 916. The molecule has 1 atom stereocenters. The standard InChI is InChI=1S/C16H24N6O3/c1-10(11(2)23)22-12(9-21-7-5-19(3)6-8-21)17-14-13(22)15(24)18-16(25)20(14)4/h10H,5-9H2,1-4H3,(H,18,24,25)/t10-/m1/s1. The van der Waals surface area contributed by atoms with Gasteiger partial charge in [-0.3, -0.25) is 24.0 Å². The second-order valence-corrected chi connectivity index (χ2v) is 6.75. The number of aromatic amines is 1. The number of hydrogen-bond donors (Lipinski definition) is 1. The predicted molar refractivity (Wildman–Crippen MR) is 93.8 cm³/mol. The van der Waals surface area contributed by atoms with Crippen molar-refractivity contribution >= 4 is 16.9 Å². The molecule has 1 saturated heterocycles. The molecule has 0 unspecified atom stereocenters. The Labute approximate surface area is 144 Å². The van der Waals surface area contributed by atoms with Crippen molar-refractivity contribution in [3.63, 3.8) is 0 Å². The first-order valence-corrected chi connectivity index (χ1v) is 8.41. The molecule has 136 valence electrons. The van der Waals surface area contributed by atoms with Gasteiger partial charge in [0.15, 0.2) is 16.9 Å². The van der Waals surface area contributed by atoms with E-state index < -0.39 is 17.3 Å². The minimum atomic E-state index is -0.522. The van der Waals surface area contributed by atoms with Crippen LogP contribution in [0, 0.1) is 0 Å². The largest absolute Gasteiger partial charge is 0.329 e. The Balaban J connectivity index is 2.13. The van der Waals surface area contributed by atoms with E-state index in [0.717, 1.165) is 26.2 Å². The fourth-order valence-electron chi connectivity index (χ4n) is 3.16. The molecule has 0 radical (unpaired) electrons. The fraction of sp³-hybridized carbons (Fsp3) is 0.625. The number of imidazole rings is 1. The van der Waals surface area contributed by atoms with E-state index in [1.165, 1.54) is 11.5 Å². The van der Waals surface area contributed by atoms with E-state index in [2.05, 4.69) is 26.8 Å². The summed E-state index contributed by atoms with van der Waals surface area (Å²) < 4.78 is 2.99. The topological polar surface area (TPSA) is 96.2 Å². The van der Waals surface area contributed by atoms with Gasteiger partial charge < -0.3 is 9.47 Å². The van der Waals surface area contributed by atoms with Crippen LogP contribution in [0.4, 0.5) is 0 Å². The number of aryl methyl sites for hydroxylation is 1. The summed E-state index contributed by atoms with van der Waals surface area (Å²) in [6.07, 6.45) is 0. The third-order valence-electron chi connectivity index (χ3n) is 4.96. The Kier molecular flexibility index (Phi) is 4.61. The number of nitrogens with one attached hydrogen (secondary N) is 1. The number of ketones is 1. The van der Waals surface area contributed by atoms with Crippen LogP contribution in [0.5, 0.6) is 0 Å². The lowest BCUT2D eigenvalue weighted by atomic mass is 10.2. The number of hydrogen-bond acceptors (Lipinski definition) is 6. The molecule has 0 spiro atoms. The molecule has 0 amide bonds. The van der Waals surface area contributed by atoms with Crippen molar-refractivity contribution in [2.24, 2.45) is 7.05 Å². The first-order chi connectivity index (χ1) is 11.8. The zero-order valence-electron chi connectivity index (χ0n) is 15.1. The van der Waals surface area contributed by atoms with Crippen molar-refractivity contribution in [3.8, 4) is 0 Å². The number of piperazine rings is 1. The molecule has 1 fully saturated rings. The minimum absolute atomic E-state index is 0.0628. The van der Waals surface area contributed by atoms with Gasteiger partial charge in [0.1, 0.15) is 5.82 Å². The lowest BCUT2D eigenvalue weighted by Gasteiger charge is -2.32. The van der Waals surface area contributed by atoms with Crippen LogP contribution in [0.1, 0.15) is 25.7 Å². The molecular weight excluding hydrogens is 324 g/mol. The van der Waals surface area contributed by atoms with Crippen LogP contribution in [-0.4, -0.2) is 67.9 Å². The zero-order chi connectivity index (χ0) is 18.3. The van der Waals surface area contributed by atoms with Crippen LogP contribution in [-0.2, 0) is 18.4 Å². The summed E-state index contributed by atoms with van der Waals surface area (Å²) in [5.41, 5.74) is -0.438. The van der Waals surface area contributed by atoms with E-state index in [0.29, 0.717) is 18.0 Å². The van der Waals surface area contributed by atoms with Crippen molar-refractivity contribution in [3.05, 3.63) is 26.7 Å². The molecule has 3 rings (SSSR count). The first-order valence-electron chi connectivity index (χ1n) is 8.41. The number of aromatic nitrogens is 4. The number of Topliss-reactive ketones (excluding diaryl/α,β-unsaturated/α-hetero) is 1. The monoisotopic (exact) mass is 348 g/mol. The summed E-state index contributed by atoms with van der Waals surface area (Å²) in [7, 11) is 3.65. The summed E-state index contributed by atoms with van der Waals surface area (Å²) >= 11 is 0. The summed E-state index contributed by atoms with van der Waals surface area (Å²) in [6.45, 7) is 7.48. The van der Waals surface area contributed by atoms with Crippen LogP contribution < -0.4 is 11.2 Å². The van der Waals surface area contributed by atoms with Crippen molar-refractivity contribution in [2.45, 2.75) is 26.4 Å². The lowest BCUT2D eigenvalue weighted by Crippen LogP contribution is -2.44. The number of fused-ring (bicyclic) bond motifs is 1. The normalized spacial score (nSPS) is 17.9. The molecule has 1 aliphatic heterocycles. The van der Waals surface area contributed by atoms with E-state index >= 15 is 0 Å². The van der Waals surface area contributed by atoms with Gasteiger partial charge in [0.25, 0.3) is 5.56 Å². The van der Waals surface area contributed by atoms with E-state index in [9.17, 15) is 14.4 Å². The summed E-state index contributed by atoms with van der Waals surface area (Å²) in [5, 5.41) is 0. The molecule has 1 aliphatic rings. The smallest absolute Gasteiger partial charge is 0.311 e. The fourth-order valence-corrected chi connectivity index (χ4v) is 3.16. The molecule has 0 saturated carbocycles. The van der Waals surface area contributed by atoms with Crippen molar-refractivity contribution < 1.29 is 4.79 Å². The SMILES string of the molecule is CC(=O)[C@@H](C)n1c(CN2CCN(C)CC2)nc2c1c(=O)[nH]c(=O)n2C. The van der Waals surface area contributed by atoms with Crippen molar-refractivity contribution in [1.82, 2.24) is 28.9 Å². The summed E-state index contributed by atoms with van der Waals surface area (Å²) in [6, 6.07) is -0.522. The van der Waals surface area contributed by atoms with Crippen LogP contribution in [0.15, 0.2) is 9.59 Å². The molecule has 3 heterocycles. The molecule has 9 heteroatoms. The van der Waals surface area contributed by atoms with Crippen molar-refractivity contribution in [2.75, 3.05) is 33.2 Å². The van der Waals surface area contributed by atoms with Crippen LogP contribution in [0.25, 0.3) is 11.2 Å². The molecule has 1 N–H and O–H groups in total. The summed E-state index contributed by atoms with van der Waals surface area (Å²) in [4.78, 5) is 47.6. The average Bonchev–Trinajstić information content (AvgIpc) is 2.93. The predicted octanol–water partition coefficient (Wildman–Crippen LogP) is -0.679. The van der Waals surface area contributed by atoms with Crippen LogP contribution in [0.3, 0.4) is 0 Å². The average molecular weight is 348 g/mol. The molecule has 0 aromatic carbocycles. The number of H-pyrrole nitrogens is 1. The molecule has 25 heavy (non-hydrogen) atoms. The quantitative estimate of drug-likeness (QED) is 0.787. The minimum Gasteiger partial charge on any atom is -0.311 e. The zero-order valence-corrected chi connectivity index (χ0v) is 15.1. The van der Waals surface area contributed by atoms with Crippen LogP contribution in [0.2, 0.25) is 0 Å². The Morgan fingerprint density at radius 3 is 2.44 bits per heavy atom. The Morgan fingerprint density at radius 1 is 1.20 bits per heavy atom. The van der Waals surface area contributed by atoms with Gasteiger partial charge in [-0.05, 0) is 20.9 Å². The van der Waals surface area contributed by atoms with Gasteiger partial charge in [-0.15, -0.1) is 0 Å². The molecule has 2 aromatic rings. The molecule has 0 aliphatic carbocycles. The van der Waals surface area contributed by atoms with Gasteiger partial charge in [-0.2, -0.15) is 0 Å². The van der Waals surface area contributed by atoms with Gasteiger partial charge in [0.2, 0.25) is 0 Å².